The second kappa shape index (κ2) is 9.18. The summed E-state index contributed by atoms with van der Waals surface area (Å²) < 4.78 is 5.61. The van der Waals surface area contributed by atoms with Gasteiger partial charge in [0.15, 0.2) is 5.78 Å². The van der Waals surface area contributed by atoms with Crippen molar-refractivity contribution >= 4 is 17.7 Å². The first kappa shape index (κ1) is 21.0. The van der Waals surface area contributed by atoms with Crippen LogP contribution in [0.5, 0.6) is 0 Å². The van der Waals surface area contributed by atoms with Crippen molar-refractivity contribution < 1.29 is 19.1 Å². The first-order valence-corrected chi connectivity index (χ1v) is 9.56. The Labute approximate surface area is 175 Å². The highest BCUT2D eigenvalue weighted by Crippen LogP contribution is 2.23. The van der Waals surface area contributed by atoms with Crippen LogP contribution in [0.2, 0.25) is 0 Å². The Balaban J connectivity index is 1.93. The molecule has 30 heavy (non-hydrogen) atoms. The number of esters is 1. The molecule has 0 unspecified atom stereocenters. The van der Waals surface area contributed by atoms with Crippen molar-refractivity contribution in [2.45, 2.75) is 13.0 Å². The zero-order valence-electron chi connectivity index (χ0n) is 17.2. The summed E-state index contributed by atoms with van der Waals surface area (Å²) in [6.45, 7) is 1.94. The van der Waals surface area contributed by atoms with Crippen molar-refractivity contribution in [1.29, 1.82) is 0 Å². The molecule has 0 radical (unpaired) electrons. The second-order valence-corrected chi connectivity index (χ2v) is 7.17. The minimum absolute atomic E-state index is 0.121. The lowest BCUT2D eigenvalue weighted by Crippen LogP contribution is -2.31. The molecule has 5 nitrogen and oxygen atoms in total. The average molecular weight is 401 g/mol. The summed E-state index contributed by atoms with van der Waals surface area (Å²) in [4.78, 5) is 40.1. The van der Waals surface area contributed by atoms with E-state index in [0.29, 0.717) is 11.1 Å². The maximum atomic E-state index is 13.0. The van der Waals surface area contributed by atoms with E-state index in [2.05, 4.69) is 0 Å². The van der Waals surface area contributed by atoms with Crippen LogP contribution in [0.4, 0.5) is 0 Å². The molecule has 0 aliphatic carbocycles. The Hall–Kier alpha value is -3.73. The third-order valence-electron chi connectivity index (χ3n) is 4.70. The van der Waals surface area contributed by atoms with Crippen molar-refractivity contribution in [2.75, 3.05) is 14.1 Å². The number of carbonyl (C=O) groups excluding carboxylic acids is 3. The molecular formula is C25H23NO4. The lowest BCUT2D eigenvalue weighted by atomic mass is 9.97. The molecule has 1 atom stereocenters. The van der Waals surface area contributed by atoms with Gasteiger partial charge in [-0.15, -0.1) is 0 Å². The number of aryl methyl sites for hydroxylation is 1. The van der Waals surface area contributed by atoms with Crippen molar-refractivity contribution in [3.8, 4) is 0 Å². The molecule has 0 aliphatic heterocycles. The van der Waals surface area contributed by atoms with Gasteiger partial charge in [-0.2, -0.15) is 0 Å². The van der Waals surface area contributed by atoms with E-state index in [1.807, 2.05) is 25.1 Å². The Bertz CT molecular complexity index is 1060. The summed E-state index contributed by atoms with van der Waals surface area (Å²) in [5.74, 6) is -1.37. The Kier molecular flexibility index (Phi) is 6.42. The molecule has 0 N–H and O–H groups in total. The largest absolute Gasteiger partial charge is 0.444 e. The van der Waals surface area contributed by atoms with Crippen molar-refractivity contribution in [3.05, 3.63) is 107 Å². The van der Waals surface area contributed by atoms with Crippen LogP contribution in [0.15, 0.2) is 78.9 Å². The van der Waals surface area contributed by atoms with Crippen LogP contribution in [0.3, 0.4) is 0 Å². The maximum Gasteiger partial charge on any atom is 0.340 e. The molecule has 3 aromatic carbocycles. The van der Waals surface area contributed by atoms with Crippen LogP contribution in [-0.2, 0) is 9.53 Å². The van der Waals surface area contributed by atoms with Crippen molar-refractivity contribution in [2.24, 2.45) is 0 Å². The summed E-state index contributed by atoms with van der Waals surface area (Å²) in [5.41, 5.74) is 2.43. The van der Waals surface area contributed by atoms with E-state index in [4.69, 9.17) is 4.74 Å². The molecule has 0 heterocycles. The molecule has 1 amide bonds. The fraction of sp³-hybridized carbons (Fsp3) is 0.160. The van der Waals surface area contributed by atoms with Gasteiger partial charge >= 0.3 is 5.97 Å². The molecule has 0 aromatic heterocycles. The van der Waals surface area contributed by atoms with Gasteiger partial charge in [0.1, 0.15) is 0 Å². The first-order valence-electron chi connectivity index (χ1n) is 9.56. The third kappa shape index (κ3) is 4.63. The molecule has 3 aromatic rings. The Morgan fingerprint density at radius 3 is 1.93 bits per heavy atom. The van der Waals surface area contributed by atoms with Crippen LogP contribution in [0.25, 0.3) is 0 Å². The van der Waals surface area contributed by atoms with Crippen LogP contribution in [0.1, 0.15) is 43.5 Å². The van der Waals surface area contributed by atoms with Gasteiger partial charge < -0.3 is 9.64 Å². The van der Waals surface area contributed by atoms with Crippen LogP contribution in [-0.4, -0.2) is 36.7 Å². The number of amides is 1. The number of ketones is 1. The molecule has 0 saturated carbocycles. The molecule has 0 fully saturated rings. The van der Waals surface area contributed by atoms with Crippen LogP contribution < -0.4 is 0 Å². The standard InChI is InChI=1S/C25H23NO4/c1-17-13-15-18(16-14-17)22(27)20-11-7-8-12-21(20)25(29)30-23(24(28)26(2)3)19-9-5-4-6-10-19/h4-16,23H,1-3H3/t23-/m1/s1. The number of ether oxygens (including phenoxy) is 1. The maximum absolute atomic E-state index is 13.0. The summed E-state index contributed by atoms with van der Waals surface area (Å²) >= 11 is 0. The average Bonchev–Trinajstić information content (AvgIpc) is 2.77. The Morgan fingerprint density at radius 2 is 1.33 bits per heavy atom. The predicted octanol–water partition coefficient (Wildman–Crippen LogP) is 4.21. The van der Waals surface area contributed by atoms with E-state index in [-0.39, 0.29) is 22.8 Å². The van der Waals surface area contributed by atoms with Crippen molar-refractivity contribution in [3.63, 3.8) is 0 Å². The van der Waals surface area contributed by atoms with E-state index >= 15 is 0 Å². The van der Waals surface area contributed by atoms with Gasteiger partial charge in [0.05, 0.1) is 5.56 Å². The number of likely N-dealkylation sites (N-methyl/N-ethyl adjacent to an activating group) is 1. The van der Waals surface area contributed by atoms with Gasteiger partial charge in [-0.05, 0) is 13.0 Å². The van der Waals surface area contributed by atoms with Gasteiger partial charge in [-0.25, -0.2) is 4.79 Å². The van der Waals surface area contributed by atoms with Crippen molar-refractivity contribution in [1.82, 2.24) is 4.90 Å². The topological polar surface area (TPSA) is 63.7 Å². The highest BCUT2D eigenvalue weighted by molar-refractivity contribution is 6.14. The van der Waals surface area contributed by atoms with E-state index in [9.17, 15) is 14.4 Å². The minimum atomic E-state index is -1.10. The zero-order valence-corrected chi connectivity index (χ0v) is 17.2. The fourth-order valence-electron chi connectivity index (χ4n) is 3.01. The number of benzene rings is 3. The lowest BCUT2D eigenvalue weighted by Gasteiger charge is -2.21. The highest BCUT2D eigenvalue weighted by Gasteiger charge is 2.28. The van der Waals surface area contributed by atoms with E-state index in [1.54, 1.807) is 68.7 Å². The summed E-state index contributed by atoms with van der Waals surface area (Å²) in [6, 6.07) is 22.4. The fourth-order valence-corrected chi connectivity index (χ4v) is 3.01. The van der Waals surface area contributed by atoms with Gasteiger partial charge in [0.2, 0.25) is 6.10 Å². The van der Waals surface area contributed by atoms with Crippen LogP contribution in [0, 0.1) is 6.92 Å². The smallest absolute Gasteiger partial charge is 0.340 e. The molecular weight excluding hydrogens is 378 g/mol. The third-order valence-corrected chi connectivity index (χ3v) is 4.70. The minimum Gasteiger partial charge on any atom is -0.444 e. The summed E-state index contributed by atoms with van der Waals surface area (Å²) in [5, 5.41) is 0. The lowest BCUT2D eigenvalue weighted by molar-refractivity contribution is -0.138. The molecule has 152 valence electrons. The van der Waals surface area contributed by atoms with Crippen LogP contribution >= 0.6 is 0 Å². The summed E-state index contributed by atoms with van der Waals surface area (Å²) in [6.07, 6.45) is -1.10. The van der Waals surface area contributed by atoms with Gasteiger partial charge in [0, 0.05) is 30.8 Å². The molecule has 0 aliphatic rings. The number of hydrogen-bond donors (Lipinski definition) is 0. The predicted molar refractivity (Wildman–Crippen MR) is 114 cm³/mol. The number of hydrogen-bond acceptors (Lipinski definition) is 4. The quantitative estimate of drug-likeness (QED) is 0.458. The van der Waals surface area contributed by atoms with Gasteiger partial charge in [0.25, 0.3) is 5.91 Å². The highest BCUT2D eigenvalue weighted by atomic mass is 16.5. The van der Waals surface area contributed by atoms with E-state index in [1.165, 1.54) is 11.0 Å². The molecule has 0 spiro atoms. The van der Waals surface area contributed by atoms with E-state index in [0.717, 1.165) is 5.56 Å². The Morgan fingerprint density at radius 1 is 0.767 bits per heavy atom. The summed E-state index contributed by atoms with van der Waals surface area (Å²) in [7, 11) is 3.20. The number of carbonyl (C=O) groups is 3. The van der Waals surface area contributed by atoms with Gasteiger partial charge in [-0.3, -0.25) is 9.59 Å². The number of rotatable bonds is 6. The van der Waals surface area contributed by atoms with Gasteiger partial charge in [-0.1, -0.05) is 78.4 Å². The molecule has 0 bridgehead atoms. The monoisotopic (exact) mass is 401 g/mol. The first-order chi connectivity index (χ1) is 14.4. The molecule has 5 heteroatoms. The number of nitrogens with zero attached hydrogens (tertiary/aromatic N) is 1. The van der Waals surface area contributed by atoms with E-state index < -0.39 is 12.1 Å². The zero-order chi connectivity index (χ0) is 21.7. The normalized spacial score (nSPS) is 11.4. The second-order valence-electron chi connectivity index (χ2n) is 7.17. The molecule has 3 rings (SSSR count). The molecule has 0 saturated heterocycles. The SMILES string of the molecule is Cc1ccc(C(=O)c2ccccc2C(=O)O[C@@H](C(=O)N(C)C)c2ccccc2)cc1.